The monoisotopic (exact) mass is 1850 g/mol. The molecule has 0 saturated carbocycles. The molecule has 0 unspecified atom stereocenters. The number of aliphatic hydroxyl groups excluding tert-OH is 2. The molecular formula is C94H177IO24Si. The van der Waals surface area contributed by atoms with Gasteiger partial charge in [-0.05, 0) is 204 Å². The lowest BCUT2D eigenvalue weighted by molar-refractivity contribution is -0.216. The Bertz CT molecular complexity index is 3080. The Morgan fingerprint density at radius 3 is 1.12 bits per heavy atom. The van der Waals surface area contributed by atoms with Gasteiger partial charge >= 0.3 is 11.9 Å². The highest BCUT2D eigenvalue weighted by Gasteiger charge is 2.49. The summed E-state index contributed by atoms with van der Waals surface area (Å²) in [4.78, 5) is 45.3. The minimum absolute atomic E-state index is 0.0292. The molecule has 3 fully saturated rings. The second-order valence-corrected chi connectivity index (χ2v) is 44.3. The lowest BCUT2D eigenvalue weighted by Gasteiger charge is -2.41. The Balaban J connectivity index is 0. The second kappa shape index (κ2) is 51.6. The van der Waals surface area contributed by atoms with Crippen molar-refractivity contribution in [2.24, 2.45) is 47.3 Å². The van der Waals surface area contributed by atoms with Gasteiger partial charge in [0.2, 0.25) is 25.7 Å². The van der Waals surface area contributed by atoms with Crippen LogP contribution in [0.4, 0.5) is 0 Å². The van der Waals surface area contributed by atoms with Crippen LogP contribution in [0.3, 0.4) is 0 Å². The molecule has 0 aromatic rings. The molecule has 6 aliphatic heterocycles. The van der Waals surface area contributed by atoms with Crippen molar-refractivity contribution in [1.82, 2.24) is 0 Å². The van der Waals surface area contributed by atoms with Crippen LogP contribution in [-0.4, -0.2) is 194 Å². The number of Topliss-reactive ketones (excluding diaryl/α,β-unsaturated/α-hetero) is 1. The van der Waals surface area contributed by atoms with E-state index in [1.165, 1.54) is 17.8 Å². The van der Waals surface area contributed by atoms with Crippen molar-refractivity contribution in [3.8, 4) is 0 Å². The van der Waals surface area contributed by atoms with Crippen LogP contribution < -0.4 is 0 Å². The highest BCUT2D eigenvalue weighted by molar-refractivity contribution is 14.1. The summed E-state index contributed by atoms with van der Waals surface area (Å²) in [5.41, 5.74) is -1.30. The van der Waals surface area contributed by atoms with E-state index in [1.807, 2.05) is 103 Å². The second-order valence-electron chi connectivity index (χ2n) is 39.0. The number of halogens is 1. The molecule has 6 aliphatic rings. The molecule has 18 atom stereocenters. The number of alkyl halides is 1. The third kappa shape index (κ3) is 41.6. The summed E-state index contributed by atoms with van der Waals surface area (Å²) in [5, 5.41) is 32.2. The maximum Gasteiger partial charge on any atom is 0.340 e. The van der Waals surface area contributed by atoms with E-state index in [2.05, 4.69) is 132 Å². The van der Waals surface area contributed by atoms with Gasteiger partial charge in [0.05, 0.1) is 71.2 Å². The van der Waals surface area contributed by atoms with Gasteiger partial charge in [0.1, 0.15) is 41.2 Å². The highest BCUT2D eigenvalue weighted by Crippen LogP contribution is 2.42. The first-order valence-corrected chi connectivity index (χ1v) is 49.0. The van der Waals surface area contributed by atoms with Crippen LogP contribution in [0.15, 0.2) is 46.0 Å². The van der Waals surface area contributed by atoms with Crippen molar-refractivity contribution in [1.29, 1.82) is 0 Å². The molecule has 0 radical (unpaired) electrons. The quantitative estimate of drug-likeness (QED) is 0.0181. The van der Waals surface area contributed by atoms with E-state index in [1.54, 1.807) is 83.8 Å². The molecule has 0 aliphatic carbocycles. The Morgan fingerprint density at radius 1 is 0.492 bits per heavy atom. The zero-order valence-electron chi connectivity index (χ0n) is 83.6. The molecule has 0 amide bonds. The van der Waals surface area contributed by atoms with E-state index in [4.69, 9.17) is 80.2 Å². The fraction of sp³-hybridized carbons (Fsp3) is 0.872. The maximum absolute atomic E-state index is 12.0. The van der Waals surface area contributed by atoms with Crippen LogP contribution in [-0.2, 0) is 99.4 Å². The normalized spacial score (nSPS) is 25.3. The van der Waals surface area contributed by atoms with Crippen LogP contribution in [0.5, 0.6) is 0 Å². The maximum atomic E-state index is 12.0. The van der Waals surface area contributed by atoms with Crippen LogP contribution in [0.1, 0.15) is 320 Å². The number of carbonyl (C=O) groups is 4. The van der Waals surface area contributed by atoms with Crippen molar-refractivity contribution in [2.75, 3.05) is 52.7 Å². The lowest BCUT2D eigenvalue weighted by atomic mass is 9.80. The number of rotatable bonds is 33. The zero-order valence-corrected chi connectivity index (χ0v) is 86.7. The fourth-order valence-electron chi connectivity index (χ4n) is 13.6. The predicted molar refractivity (Wildman–Crippen MR) is 488 cm³/mol. The Hall–Kier alpha value is -3.33. The third-order valence-corrected chi connectivity index (χ3v) is 25.3. The van der Waals surface area contributed by atoms with Crippen molar-refractivity contribution < 1.29 is 115 Å². The van der Waals surface area contributed by atoms with Crippen molar-refractivity contribution in [3.63, 3.8) is 0 Å². The summed E-state index contributed by atoms with van der Waals surface area (Å²) in [5.74, 6) is 0.0176. The number of hydrogen-bond donors (Lipinski definition) is 3. The lowest BCUT2D eigenvalue weighted by Crippen LogP contribution is -2.48. The summed E-state index contributed by atoms with van der Waals surface area (Å²) >= 11 is 2.41. The molecule has 3 N–H and O–H groups in total. The van der Waals surface area contributed by atoms with Crippen LogP contribution in [0.25, 0.3) is 0 Å². The number of methoxy groups -OCH3 is 4. The number of allylic oxidation sites excluding steroid dienone is 2. The van der Waals surface area contributed by atoms with Crippen LogP contribution in [0.2, 0.25) is 19.6 Å². The first-order chi connectivity index (χ1) is 54.6. The molecule has 6 heterocycles. The smallest absolute Gasteiger partial charge is 0.340 e. The van der Waals surface area contributed by atoms with Gasteiger partial charge in [-0.15, -0.1) is 0 Å². The zero-order chi connectivity index (χ0) is 94.3. The summed E-state index contributed by atoms with van der Waals surface area (Å²) in [6.07, 6.45) is 11.4. The van der Waals surface area contributed by atoms with Gasteiger partial charge in [0.25, 0.3) is 5.95 Å². The summed E-state index contributed by atoms with van der Waals surface area (Å²) in [7, 11) is 4.91. The third-order valence-electron chi connectivity index (χ3n) is 23.0. The number of aliphatic hydroxyl groups is 3. The molecule has 0 bridgehead atoms. The molecule has 26 heteroatoms. The van der Waals surface area contributed by atoms with Gasteiger partial charge in [-0.25, -0.2) is 9.59 Å². The number of cyclic esters (lactones) is 2. The number of esters is 2. The van der Waals surface area contributed by atoms with Gasteiger partial charge in [-0.3, -0.25) is 4.79 Å². The summed E-state index contributed by atoms with van der Waals surface area (Å²) < 4.78 is 95.9. The van der Waals surface area contributed by atoms with Crippen molar-refractivity contribution in [2.45, 2.75) is 433 Å². The number of hydrogen-bond acceptors (Lipinski definition) is 24. The van der Waals surface area contributed by atoms with Crippen LogP contribution in [0, 0.1) is 47.3 Å². The van der Waals surface area contributed by atoms with Gasteiger partial charge in [-0.1, -0.05) is 158 Å². The molecule has 0 aromatic carbocycles. The first-order valence-electron chi connectivity index (χ1n) is 44.1. The molecule has 0 aromatic heterocycles. The van der Waals surface area contributed by atoms with Crippen LogP contribution >= 0.6 is 22.6 Å². The largest absolute Gasteiger partial charge is 0.519 e. The Labute approximate surface area is 744 Å². The number of ether oxygens (including phenoxy) is 16. The molecule has 24 nitrogen and oxygen atoms in total. The average molecular weight is 1850 g/mol. The average Bonchev–Trinajstić information content (AvgIpc) is 1.09. The van der Waals surface area contributed by atoms with E-state index in [-0.39, 0.29) is 41.5 Å². The highest BCUT2D eigenvalue weighted by atomic mass is 127. The molecular weight excluding hydrogens is 1670 g/mol. The Kier molecular flexibility index (Phi) is 51.1. The summed E-state index contributed by atoms with van der Waals surface area (Å²) in [6, 6.07) is 0. The first kappa shape index (κ1) is 119. The fourth-order valence-corrected chi connectivity index (χ4v) is 15.0. The molecule has 120 heavy (non-hydrogen) atoms. The predicted octanol–water partition coefficient (Wildman–Crippen LogP) is 21.1. The minimum atomic E-state index is -1.66. The minimum Gasteiger partial charge on any atom is -0.519 e. The molecule has 6 rings (SSSR count). The molecule has 708 valence electrons. The van der Waals surface area contributed by atoms with Gasteiger partial charge in [-0.2, -0.15) is 0 Å². The van der Waals surface area contributed by atoms with Gasteiger partial charge in [0.15, 0.2) is 29.4 Å². The van der Waals surface area contributed by atoms with E-state index in [0.29, 0.717) is 78.0 Å². The van der Waals surface area contributed by atoms with E-state index >= 15 is 0 Å². The van der Waals surface area contributed by atoms with Crippen molar-refractivity contribution in [3.05, 3.63) is 46.0 Å². The van der Waals surface area contributed by atoms with Crippen molar-refractivity contribution >= 4 is 54.9 Å². The SMILES string of the molecule is C/C=C1\OC(C)(C)OC(O[Si](C)(C)C)=C1C.CC(=O)[C@H]1COC(C)(C)O1.CC[C@H](C)CI.CC[C@H](C)C[C@@](C)(O)[C@H]1COC(C)(C)O1.CC[C@H](C)C[C@@](C)(OC)[C@H](O)[C@@H](C)C1=C(C)C(=O)OC(C)(C)O1.CC[C@H](C)C[C@@](C)(OC)[C@H](O)[C@H](C)C1=C(C)C(=O)OC(C)(C)O1.CC[C@H](C)C[C@@](C)(OC)[C@H]1COC(C)(C)O1.CC[C@H](C)C[C@](C)(C=O)OC. The number of ketones is 1. The standard InChI is InChI=1S/2C18H32O5.C13H26O3.C12H22O3Si.C12H24O3.C9H18O2.C7H12O3.C5H11I/c2*1-9-11(2)10-18(7,21-8)15(19)12(3)14-13(4)16(20)23-17(5,6)22-14;1-7-10(2)8-13(5,14-6)11-9-15-12(3,4)16-11;1-8-10-9(2)11(15-16(5,6)7)14-12(3,4)13-10;1-6-9(2)7-12(5,13)10-8-14-11(3,4)15-10;1-5-8(2)6-9(3,7-10)11-4;1-5(8)6-4-9-7(2,3)10-6;1-3-5(2)4-6/h2*11-12,15,19H,9-10H2,1-8H3;10-11H,7-9H2,1-6H3;8H,1-7H3;9-10,13H,6-8H2,1-5H3;7-8H,5-6H2,1-4H3;6H,4H2,1-3H3;5H,3-4H2,1-2H3/b;;;10-8-;;;;/t11-,12+,15+,18+;11-,12-,15+,18+;10-,11+,13+;;9-,10+,12+;8-,9+;6-;5-/m000.0010/s1. The van der Waals surface area contributed by atoms with E-state index in [0.717, 1.165) is 87.7 Å². The molecule has 0 spiro atoms. The number of aldehydes is 1. The Morgan fingerprint density at radius 2 is 0.842 bits per heavy atom. The van der Waals surface area contributed by atoms with E-state index < -0.39 is 89.6 Å². The topological polar surface area (TPSA) is 286 Å². The molecule has 3 saturated heterocycles. The summed E-state index contributed by atoms with van der Waals surface area (Å²) in [6.45, 7) is 77.7. The van der Waals surface area contributed by atoms with E-state index in [9.17, 15) is 34.5 Å². The number of carbonyl (C=O) groups excluding carboxylic acids is 4. The van der Waals surface area contributed by atoms with Gasteiger partial charge in [0, 0.05) is 86.2 Å². The van der Waals surface area contributed by atoms with Gasteiger partial charge < -0.3 is 100 Å².